The highest BCUT2D eigenvalue weighted by atomic mass is 16.5. The fraction of sp³-hybridized carbons (Fsp3) is 0.333. The summed E-state index contributed by atoms with van der Waals surface area (Å²) in [6, 6.07) is 7.05. The lowest BCUT2D eigenvalue weighted by Gasteiger charge is -2.14. The van der Waals surface area contributed by atoms with Gasteiger partial charge in [-0.2, -0.15) is 0 Å². The maximum Gasteiger partial charge on any atom is 0.340 e. The highest BCUT2D eigenvalue weighted by molar-refractivity contribution is 5.89. The van der Waals surface area contributed by atoms with Crippen LogP contribution in [0.3, 0.4) is 0 Å². The van der Waals surface area contributed by atoms with Crippen molar-refractivity contribution in [1.82, 2.24) is 5.32 Å². The molecule has 0 saturated carbocycles. The maximum absolute atomic E-state index is 12.5. The zero-order chi connectivity index (χ0) is 20.3. The topological polar surface area (TPSA) is 90.9 Å². The van der Waals surface area contributed by atoms with Gasteiger partial charge in [-0.15, -0.1) is 0 Å². The minimum atomic E-state index is -0.564. The summed E-state index contributed by atoms with van der Waals surface area (Å²) in [5, 5.41) is 3.58. The monoisotopic (exact) mass is 385 g/mol. The molecule has 2 heterocycles. The van der Waals surface area contributed by atoms with Gasteiger partial charge in [0.2, 0.25) is 11.7 Å². The Morgan fingerprint density at radius 1 is 1.21 bits per heavy atom. The number of hydrogen-bond donors (Lipinski definition) is 1. The summed E-state index contributed by atoms with van der Waals surface area (Å²) in [7, 11) is 2.99. The van der Waals surface area contributed by atoms with Crippen molar-refractivity contribution < 1.29 is 23.1 Å². The molecule has 0 unspecified atom stereocenters. The van der Waals surface area contributed by atoms with Gasteiger partial charge < -0.3 is 23.6 Å². The number of amides is 1. The third-order valence-corrected chi connectivity index (χ3v) is 4.63. The van der Waals surface area contributed by atoms with Gasteiger partial charge >= 0.3 is 5.63 Å². The molecular weight excluding hydrogens is 362 g/mol. The quantitative estimate of drug-likeness (QED) is 0.629. The highest BCUT2D eigenvalue weighted by Crippen LogP contribution is 2.36. The smallest absolute Gasteiger partial charge is 0.340 e. The van der Waals surface area contributed by atoms with E-state index in [1.54, 1.807) is 31.4 Å². The van der Waals surface area contributed by atoms with Crippen LogP contribution in [0.5, 0.6) is 11.5 Å². The predicted molar refractivity (Wildman–Crippen MR) is 104 cm³/mol. The van der Waals surface area contributed by atoms with E-state index in [0.717, 1.165) is 5.76 Å². The molecule has 2 aromatic heterocycles. The minimum absolute atomic E-state index is 0.0685. The second-order valence-electron chi connectivity index (χ2n) is 6.60. The molecule has 0 aliphatic carbocycles. The number of hydrogen-bond acceptors (Lipinski definition) is 6. The Balaban J connectivity index is 1.85. The second kappa shape index (κ2) is 8.21. The Bertz CT molecular complexity index is 1040. The molecular formula is C21H23NO6. The molecule has 0 aliphatic heterocycles. The average molecular weight is 385 g/mol. The van der Waals surface area contributed by atoms with Crippen LogP contribution in [0.25, 0.3) is 11.0 Å². The zero-order valence-electron chi connectivity index (χ0n) is 16.3. The van der Waals surface area contributed by atoms with Crippen molar-refractivity contribution in [3.63, 3.8) is 0 Å². The number of carbonyl (C=O) groups is 1. The summed E-state index contributed by atoms with van der Waals surface area (Å²) in [6.45, 7) is 3.67. The number of benzene rings is 1. The zero-order valence-corrected chi connectivity index (χ0v) is 16.3. The van der Waals surface area contributed by atoms with E-state index >= 15 is 0 Å². The third-order valence-electron chi connectivity index (χ3n) is 4.63. The molecule has 0 aliphatic rings. The summed E-state index contributed by atoms with van der Waals surface area (Å²) < 4.78 is 21.4. The standard InChI is InChI=1S/C21H23NO6/c1-12(10-14-6-5-9-27-14)22-18(23)11-16-13(2)15-7-8-17(25-3)20(26-4)19(15)28-21(16)24/h5-9,12H,10-11H2,1-4H3,(H,22,23)/t12-/m0/s1. The van der Waals surface area contributed by atoms with Gasteiger partial charge in [0, 0.05) is 17.8 Å². The average Bonchev–Trinajstić information content (AvgIpc) is 3.16. The number of furan rings is 1. The number of nitrogens with one attached hydrogen (secondary N) is 1. The van der Waals surface area contributed by atoms with Crippen molar-refractivity contribution in [3.8, 4) is 11.5 Å². The van der Waals surface area contributed by atoms with Crippen LogP contribution in [0, 0.1) is 6.92 Å². The van der Waals surface area contributed by atoms with Crippen molar-refractivity contribution in [1.29, 1.82) is 0 Å². The van der Waals surface area contributed by atoms with E-state index < -0.39 is 5.63 Å². The lowest BCUT2D eigenvalue weighted by molar-refractivity contribution is -0.121. The van der Waals surface area contributed by atoms with Gasteiger partial charge in [0.1, 0.15) is 5.76 Å². The predicted octanol–water partition coefficient (Wildman–Crippen LogP) is 3.00. The van der Waals surface area contributed by atoms with Gasteiger partial charge in [-0.1, -0.05) is 0 Å². The molecule has 7 heteroatoms. The summed E-state index contributed by atoms with van der Waals surface area (Å²) >= 11 is 0. The van der Waals surface area contributed by atoms with E-state index in [1.807, 2.05) is 13.0 Å². The molecule has 7 nitrogen and oxygen atoms in total. The molecule has 148 valence electrons. The van der Waals surface area contributed by atoms with Crippen molar-refractivity contribution in [2.45, 2.75) is 32.7 Å². The van der Waals surface area contributed by atoms with Gasteiger partial charge in [-0.3, -0.25) is 4.79 Å². The van der Waals surface area contributed by atoms with Crippen LogP contribution < -0.4 is 20.4 Å². The maximum atomic E-state index is 12.5. The fourth-order valence-electron chi connectivity index (χ4n) is 3.24. The molecule has 1 amide bonds. The third kappa shape index (κ3) is 3.88. The molecule has 0 saturated heterocycles. The normalized spacial score (nSPS) is 12.0. The van der Waals surface area contributed by atoms with Crippen molar-refractivity contribution in [3.05, 3.63) is 57.8 Å². The van der Waals surface area contributed by atoms with E-state index in [4.69, 9.17) is 18.3 Å². The van der Waals surface area contributed by atoms with Crippen LogP contribution in [-0.4, -0.2) is 26.2 Å². The Labute approximate surface area is 162 Å². The van der Waals surface area contributed by atoms with Crippen molar-refractivity contribution in [2.75, 3.05) is 14.2 Å². The largest absolute Gasteiger partial charge is 0.493 e. The van der Waals surface area contributed by atoms with E-state index in [-0.39, 0.29) is 18.4 Å². The van der Waals surface area contributed by atoms with Gasteiger partial charge in [0.25, 0.3) is 0 Å². The summed E-state index contributed by atoms with van der Waals surface area (Å²) in [6.07, 6.45) is 2.10. The van der Waals surface area contributed by atoms with Gasteiger partial charge in [-0.05, 0) is 43.7 Å². The first-order valence-corrected chi connectivity index (χ1v) is 8.93. The molecule has 1 N–H and O–H groups in total. The molecule has 0 spiro atoms. The molecule has 1 atom stereocenters. The van der Waals surface area contributed by atoms with Crippen LogP contribution in [0.1, 0.15) is 23.8 Å². The van der Waals surface area contributed by atoms with E-state index in [0.29, 0.717) is 40.0 Å². The first-order valence-electron chi connectivity index (χ1n) is 8.93. The van der Waals surface area contributed by atoms with Crippen LogP contribution in [-0.2, 0) is 17.6 Å². The van der Waals surface area contributed by atoms with Crippen molar-refractivity contribution >= 4 is 16.9 Å². The molecule has 0 fully saturated rings. The molecule has 3 aromatic rings. The van der Waals surface area contributed by atoms with E-state index in [9.17, 15) is 9.59 Å². The number of ether oxygens (including phenoxy) is 2. The van der Waals surface area contributed by atoms with Gasteiger partial charge in [0.15, 0.2) is 11.3 Å². The number of aryl methyl sites for hydroxylation is 1. The molecule has 3 rings (SSSR count). The molecule has 28 heavy (non-hydrogen) atoms. The Morgan fingerprint density at radius 3 is 2.64 bits per heavy atom. The molecule has 0 bridgehead atoms. The van der Waals surface area contributed by atoms with Crippen molar-refractivity contribution in [2.24, 2.45) is 0 Å². The van der Waals surface area contributed by atoms with Crippen LogP contribution in [0.2, 0.25) is 0 Å². The Kier molecular flexibility index (Phi) is 5.73. The first-order chi connectivity index (χ1) is 13.4. The summed E-state index contributed by atoms with van der Waals surface area (Å²) in [5.41, 5.74) is 0.744. The summed E-state index contributed by atoms with van der Waals surface area (Å²) in [4.78, 5) is 25.0. The Hall–Kier alpha value is -3.22. The SMILES string of the molecule is COc1ccc2c(C)c(CC(=O)N[C@@H](C)Cc3ccco3)c(=O)oc2c1OC. The van der Waals surface area contributed by atoms with E-state index in [1.165, 1.54) is 14.2 Å². The van der Waals surface area contributed by atoms with Gasteiger partial charge in [0.05, 0.1) is 32.5 Å². The van der Waals surface area contributed by atoms with Crippen LogP contribution in [0.15, 0.2) is 44.2 Å². The number of methoxy groups -OCH3 is 2. The van der Waals surface area contributed by atoms with E-state index in [2.05, 4.69) is 5.32 Å². The van der Waals surface area contributed by atoms with Gasteiger partial charge in [-0.25, -0.2) is 4.79 Å². The lowest BCUT2D eigenvalue weighted by atomic mass is 10.0. The lowest BCUT2D eigenvalue weighted by Crippen LogP contribution is -2.36. The fourth-order valence-corrected chi connectivity index (χ4v) is 3.24. The first kappa shape index (κ1) is 19.5. The second-order valence-corrected chi connectivity index (χ2v) is 6.60. The summed E-state index contributed by atoms with van der Waals surface area (Å²) in [5.74, 6) is 1.35. The minimum Gasteiger partial charge on any atom is -0.493 e. The number of rotatable bonds is 7. The Morgan fingerprint density at radius 2 is 2.00 bits per heavy atom. The highest BCUT2D eigenvalue weighted by Gasteiger charge is 2.20. The van der Waals surface area contributed by atoms with Crippen LogP contribution in [0.4, 0.5) is 0 Å². The number of fused-ring (bicyclic) bond motifs is 1. The molecule has 0 radical (unpaired) electrons. The molecule has 1 aromatic carbocycles. The van der Waals surface area contributed by atoms with Crippen LogP contribution >= 0.6 is 0 Å². The number of carbonyl (C=O) groups excluding carboxylic acids is 1.